The van der Waals surface area contributed by atoms with Crippen molar-refractivity contribution in [2.24, 2.45) is 5.92 Å². The van der Waals surface area contributed by atoms with Crippen molar-refractivity contribution >= 4 is 23.2 Å². The molecule has 0 bridgehead atoms. The Kier molecular flexibility index (Phi) is 4.29. The fraction of sp³-hybridized carbons (Fsp3) is 0.222. The highest BCUT2D eigenvalue weighted by molar-refractivity contribution is 6.03. The van der Waals surface area contributed by atoms with E-state index >= 15 is 0 Å². The third-order valence-electron chi connectivity index (χ3n) is 4.03. The van der Waals surface area contributed by atoms with Gasteiger partial charge in [0.25, 0.3) is 0 Å². The lowest BCUT2D eigenvalue weighted by molar-refractivity contribution is -0.122. The van der Waals surface area contributed by atoms with Crippen molar-refractivity contribution < 1.29 is 18.4 Å². The zero-order valence-electron chi connectivity index (χ0n) is 13.1. The monoisotopic (exact) mass is 330 g/mol. The van der Waals surface area contributed by atoms with E-state index in [4.69, 9.17) is 0 Å². The number of nitrogens with zero attached hydrogens (tertiary/aromatic N) is 1. The molecule has 124 valence electrons. The summed E-state index contributed by atoms with van der Waals surface area (Å²) in [7, 11) is 0. The standard InChI is InChI=1S/C18H16F2N2O2/c1-11-2-5-14(6-3-11)22-10-12(8-17(22)23)18(24)21-16-9-13(19)4-7-15(16)20/h2-7,9,12H,8,10H2,1H3,(H,21,24). The van der Waals surface area contributed by atoms with Crippen LogP contribution < -0.4 is 10.2 Å². The molecule has 0 aromatic heterocycles. The predicted molar refractivity (Wildman–Crippen MR) is 86.6 cm³/mol. The van der Waals surface area contributed by atoms with Crippen LogP contribution in [0.5, 0.6) is 0 Å². The van der Waals surface area contributed by atoms with E-state index in [1.807, 2.05) is 31.2 Å². The molecule has 1 N–H and O–H groups in total. The Hall–Kier alpha value is -2.76. The highest BCUT2D eigenvalue weighted by atomic mass is 19.1. The molecule has 2 aromatic rings. The number of carbonyl (C=O) groups excluding carboxylic acids is 2. The molecule has 3 rings (SSSR count). The van der Waals surface area contributed by atoms with Crippen LogP contribution in [0.3, 0.4) is 0 Å². The zero-order chi connectivity index (χ0) is 17.3. The van der Waals surface area contributed by atoms with Gasteiger partial charge in [-0.2, -0.15) is 0 Å². The highest BCUT2D eigenvalue weighted by Gasteiger charge is 2.35. The molecular weight excluding hydrogens is 314 g/mol. The third-order valence-corrected chi connectivity index (χ3v) is 4.03. The van der Waals surface area contributed by atoms with E-state index in [0.717, 1.165) is 29.4 Å². The van der Waals surface area contributed by atoms with E-state index in [0.29, 0.717) is 0 Å². The first-order valence-electron chi connectivity index (χ1n) is 7.57. The summed E-state index contributed by atoms with van der Waals surface area (Å²) < 4.78 is 26.8. The number of hydrogen-bond acceptors (Lipinski definition) is 2. The number of rotatable bonds is 3. The van der Waals surface area contributed by atoms with Crippen molar-refractivity contribution in [3.05, 3.63) is 59.7 Å². The van der Waals surface area contributed by atoms with E-state index in [1.54, 1.807) is 0 Å². The van der Waals surface area contributed by atoms with Crippen molar-refractivity contribution in [3.63, 3.8) is 0 Å². The van der Waals surface area contributed by atoms with E-state index in [9.17, 15) is 18.4 Å². The quantitative estimate of drug-likeness (QED) is 0.939. The summed E-state index contributed by atoms with van der Waals surface area (Å²) in [6.45, 7) is 2.16. The molecule has 2 aromatic carbocycles. The average molecular weight is 330 g/mol. The molecule has 4 nitrogen and oxygen atoms in total. The number of halogens is 2. The highest BCUT2D eigenvalue weighted by Crippen LogP contribution is 2.26. The van der Waals surface area contributed by atoms with Crippen LogP contribution in [-0.4, -0.2) is 18.4 Å². The topological polar surface area (TPSA) is 49.4 Å². The number of carbonyl (C=O) groups is 2. The van der Waals surface area contributed by atoms with Crippen LogP contribution in [-0.2, 0) is 9.59 Å². The maximum absolute atomic E-state index is 13.6. The van der Waals surface area contributed by atoms with Crippen LogP contribution in [0.15, 0.2) is 42.5 Å². The van der Waals surface area contributed by atoms with Crippen LogP contribution in [0.4, 0.5) is 20.2 Å². The van der Waals surface area contributed by atoms with Crippen LogP contribution >= 0.6 is 0 Å². The van der Waals surface area contributed by atoms with Crippen LogP contribution in [0.1, 0.15) is 12.0 Å². The molecule has 0 saturated carbocycles. The van der Waals surface area contributed by atoms with Gasteiger partial charge < -0.3 is 10.2 Å². The van der Waals surface area contributed by atoms with Gasteiger partial charge in [-0.15, -0.1) is 0 Å². The molecule has 1 unspecified atom stereocenters. The van der Waals surface area contributed by atoms with Crippen molar-refractivity contribution in [1.29, 1.82) is 0 Å². The van der Waals surface area contributed by atoms with Crippen molar-refractivity contribution in [2.75, 3.05) is 16.8 Å². The van der Waals surface area contributed by atoms with Gasteiger partial charge in [-0.3, -0.25) is 9.59 Å². The summed E-state index contributed by atoms with van der Waals surface area (Å²) in [6.07, 6.45) is 0.0383. The maximum atomic E-state index is 13.6. The fourth-order valence-electron chi connectivity index (χ4n) is 2.69. The summed E-state index contributed by atoms with van der Waals surface area (Å²) in [5, 5.41) is 2.36. The molecule has 1 heterocycles. The molecule has 0 spiro atoms. The minimum absolute atomic E-state index is 0.0383. The van der Waals surface area contributed by atoms with Gasteiger partial charge in [0, 0.05) is 24.7 Å². The largest absolute Gasteiger partial charge is 0.323 e. The lowest BCUT2D eigenvalue weighted by atomic mass is 10.1. The van der Waals surface area contributed by atoms with E-state index in [2.05, 4.69) is 5.32 Å². The van der Waals surface area contributed by atoms with Gasteiger partial charge in [-0.05, 0) is 31.2 Å². The molecule has 1 atom stereocenters. The molecule has 24 heavy (non-hydrogen) atoms. The molecule has 0 radical (unpaired) electrons. The second kappa shape index (κ2) is 6.39. The summed E-state index contributed by atoms with van der Waals surface area (Å²) in [5.41, 5.74) is 1.57. The first kappa shape index (κ1) is 16.1. The summed E-state index contributed by atoms with van der Waals surface area (Å²) >= 11 is 0. The fourth-order valence-corrected chi connectivity index (χ4v) is 2.69. The predicted octanol–water partition coefficient (Wildman–Crippen LogP) is 3.26. The summed E-state index contributed by atoms with van der Waals surface area (Å²) in [5.74, 6) is -2.64. The average Bonchev–Trinajstić information content (AvgIpc) is 2.94. The van der Waals surface area contributed by atoms with Gasteiger partial charge in [0.2, 0.25) is 11.8 Å². The Bertz CT molecular complexity index is 790. The number of anilines is 2. The van der Waals surface area contributed by atoms with E-state index < -0.39 is 23.5 Å². The smallest absolute Gasteiger partial charge is 0.229 e. The summed E-state index contributed by atoms with van der Waals surface area (Å²) in [4.78, 5) is 26.0. The number of nitrogens with one attached hydrogen (secondary N) is 1. The molecule has 1 saturated heterocycles. The first-order valence-corrected chi connectivity index (χ1v) is 7.57. The van der Waals surface area contributed by atoms with Crippen LogP contribution in [0.25, 0.3) is 0 Å². The summed E-state index contributed by atoms with van der Waals surface area (Å²) in [6, 6.07) is 10.3. The molecule has 1 fully saturated rings. The van der Waals surface area contributed by atoms with Crippen LogP contribution in [0.2, 0.25) is 0 Å². The number of amides is 2. The maximum Gasteiger partial charge on any atom is 0.229 e. The third kappa shape index (κ3) is 3.27. The molecule has 1 aliphatic rings. The Morgan fingerprint density at radius 1 is 1.17 bits per heavy atom. The molecule has 1 aliphatic heterocycles. The Labute approximate surface area is 138 Å². The van der Waals surface area contributed by atoms with Gasteiger partial charge in [-0.25, -0.2) is 8.78 Å². The van der Waals surface area contributed by atoms with Gasteiger partial charge in [0.1, 0.15) is 11.6 Å². The van der Waals surface area contributed by atoms with Crippen molar-refractivity contribution in [2.45, 2.75) is 13.3 Å². The second-order valence-electron chi connectivity index (χ2n) is 5.85. The Morgan fingerprint density at radius 3 is 2.58 bits per heavy atom. The van der Waals surface area contributed by atoms with Gasteiger partial charge >= 0.3 is 0 Å². The number of aryl methyl sites for hydroxylation is 1. The molecular formula is C18H16F2N2O2. The van der Waals surface area contributed by atoms with Gasteiger partial charge in [0.15, 0.2) is 0 Å². The molecule has 2 amide bonds. The van der Waals surface area contributed by atoms with E-state index in [1.165, 1.54) is 4.90 Å². The van der Waals surface area contributed by atoms with Gasteiger partial charge in [0.05, 0.1) is 11.6 Å². The van der Waals surface area contributed by atoms with Crippen molar-refractivity contribution in [1.82, 2.24) is 0 Å². The van der Waals surface area contributed by atoms with Crippen molar-refractivity contribution in [3.8, 4) is 0 Å². The van der Waals surface area contributed by atoms with Gasteiger partial charge in [-0.1, -0.05) is 17.7 Å². The lowest BCUT2D eigenvalue weighted by Gasteiger charge is -2.17. The normalized spacial score (nSPS) is 17.2. The Balaban J connectivity index is 1.72. The SMILES string of the molecule is Cc1ccc(N2CC(C(=O)Nc3cc(F)ccc3F)CC2=O)cc1. The second-order valence-corrected chi connectivity index (χ2v) is 5.85. The number of hydrogen-bond donors (Lipinski definition) is 1. The minimum atomic E-state index is -0.718. The molecule has 6 heteroatoms. The lowest BCUT2D eigenvalue weighted by Crippen LogP contribution is -2.28. The van der Waals surface area contributed by atoms with Crippen LogP contribution in [0, 0.1) is 24.5 Å². The Morgan fingerprint density at radius 2 is 1.88 bits per heavy atom. The molecule has 0 aliphatic carbocycles. The number of benzene rings is 2. The minimum Gasteiger partial charge on any atom is -0.323 e. The van der Waals surface area contributed by atoms with E-state index in [-0.39, 0.29) is 24.6 Å². The zero-order valence-corrected chi connectivity index (χ0v) is 13.1. The first-order chi connectivity index (χ1) is 11.4.